The second-order valence-electron chi connectivity index (χ2n) is 4.42. The average Bonchev–Trinajstić information content (AvgIpc) is 2.77. The van der Waals surface area contributed by atoms with E-state index in [1.54, 1.807) is 0 Å². The number of H-pyrrole nitrogens is 1. The molecule has 1 aromatic carbocycles. The molecule has 1 N–H and O–H groups in total. The Hall–Kier alpha value is -2.03. The Kier molecular flexibility index (Phi) is 4.05. The molecule has 0 bridgehead atoms. The third kappa shape index (κ3) is 2.55. The van der Waals surface area contributed by atoms with Crippen molar-refractivity contribution in [3.05, 3.63) is 47.3 Å². The molecule has 100 valence electrons. The Labute approximate surface area is 113 Å². The van der Waals surface area contributed by atoms with E-state index >= 15 is 0 Å². The molecule has 0 aliphatic rings. The zero-order chi connectivity index (χ0) is 13.8. The lowest BCUT2D eigenvalue weighted by Crippen LogP contribution is -2.06. The predicted molar refractivity (Wildman–Crippen MR) is 76.3 cm³/mol. The molecule has 0 saturated carbocycles. The van der Waals surface area contributed by atoms with Gasteiger partial charge >= 0.3 is 5.97 Å². The van der Waals surface area contributed by atoms with Crippen molar-refractivity contribution >= 4 is 5.97 Å². The SMILES string of the molecule is CCOC(=O)c1[nH]c(CC)c(-c2ccccc2)c1C. The van der Waals surface area contributed by atoms with Crippen LogP contribution in [-0.2, 0) is 11.2 Å². The number of hydrogen-bond donors (Lipinski definition) is 1. The number of aryl methyl sites for hydroxylation is 1. The summed E-state index contributed by atoms with van der Waals surface area (Å²) in [6, 6.07) is 10.1. The summed E-state index contributed by atoms with van der Waals surface area (Å²) in [5.41, 5.74) is 4.85. The molecule has 0 saturated heterocycles. The first-order valence-corrected chi connectivity index (χ1v) is 6.63. The molecule has 2 aromatic rings. The molecule has 3 nitrogen and oxygen atoms in total. The number of nitrogens with one attached hydrogen (secondary N) is 1. The summed E-state index contributed by atoms with van der Waals surface area (Å²) in [7, 11) is 0. The first-order chi connectivity index (χ1) is 9.19. The van der Waals surface area contributed by atoms with Crippen molar-refractivity contribution < 1.29 is 9.53 Å². The van der Waals surface area contributed by atoms with Crippen molar-refractivity contribution in [3.8, 4) is 11.1 Å². The van der Waals surface area contributed by atoms with Crippen LogP contribution in [-0.4, -0.2) is 17.6 Å². The Balaban J connectivity index is 2.52. The van der Waals surface area contributed by atoms with Crippen LogP contribution in [0.25, 0.3) is 11.1 Å². The molecule has 0 spiro atoms. The van der Waals surface area contributed by atoms with Gasteiger partial charge in [-0.2, -0.15) is 0 Å². The number of carbonyl (C=O) groups is 1. The highest BCUT2D eigenvalue weighted by Crippen LogP contribution is 2.30. The summed E-state index contributed by atoms with van der Waals surface area (Å²) in [5, 5.41) is 0. The zero-order valence-corrected chi connectivity index (χ0v) is 11.6. The van der Waals surface area contributed by atoms with Gasteiger partial charge in [-0.25, -0.2) is 4.79 Å². The van der Waals surface area contributed by atoms with Gasteiger partial charge in [0.15, 0.2) is 0 Å². The molecular formula is C16H19NO2. The van der Waals surface area contributed by atoms with E-state index in [2.05, 4.69) is 24.0 Å². The number of ether oxygens (including phenoxy) is 1. The molecule has 1 heterocycles. The maximum Gasteiger partial charge on any atom is 0.355 e. The standard InChI is InChI=1S/C16H19NO2/c1-4-13-14(12-9-7-6-8-10-12)11(3)15(17-13)16(18)19-5-2/h6-10,17H,4-5H2,1-3H3. The molecule has 0 fully saturated rings. The topological polar surface area (TPSA) is 42.1 Å². The monoisotopic (exact) mass is 257 g/mol. The van der Waals surface area contributed by atoms with Crippen molar-refractivity contribution in [1.82, 2.24) is 4.98 Å². The van der Waals surface area contributed by atoms with E-state index in [1.807, 2.05) is 32.0 Å². The first-order valence-electron chi connectivity index (χ1n) is 6.63. The van der Waals surface area contributed by atoms with Crippen LogP contribution >= 0.6 is 0 Å². The van der Waals surface area contributed by atoms with E-state index in [1.165, 1.54) is 0 Å². The minimum Gasteiger partial charge on any atom is -0.461 e. The largest absolute Gasteiger partial charge is 0.461 e. The number of esters is 1. The van der Waals surface area contributed by atoms with E-state index in [9.17, 15) is 4.79 Å². The van der Waals surface area contributed by atoms with E-state index in [0.29, 0.717) is 12.3 Å². The van der Waals surface area contributed by atoms with Crippen LogP contribution in [0.5, 0.6) is 0 Å². The number of rotatable bonds is 4. The average molecular weight is 257 g/mol. The second kappa shape index (κ2) is 5.74. The van der Waals surface area contributed by atoms with Gasteiger partial charge in [0.2, 0.25) is 0 Å². The number of carbonyl (C=O) groups excluding carboxylic acids is 1. The highest BCUT2D eigenvalue weighted by molar-refractivity contribution is 5.92. The molecular weight excluding hydrogens is 238 g/mol. The van der Waals surface area contributed by atoms with Crippen molar-refractivity contribution in [2.75, 3.05) is 6.61 Å². The van der Waals surface area contributed by atoms with Gasteiger partial charge in [0.25, 0.3) is 0 Å². The normalized spacial score (nSPS) is 10.5. The van der Waals surface area contributed by atoms with Crippen LogP contribution in [0.15, 0.2) is 30.3 Å². The number of aromatic nitrogens is 1. The van der Waals surface area contributed by atoms with Gasteiger partial charge < -0.3 is 9.72 Å². The predicted octanol–water partition coefficient (Wildman–Crippen LogP) is 3.73. The molecule has 2 rings (SSSR count). The van der Waals surface area contributed by atoms with Gasteiger partial charge in [0.1, 0.15) is 5.69 Å². The minimum atomic E-state index is -0.281. The summed E-state index contributed by atoms with van der Waals surface area (Å²) in [6.07, 6.45) is 0.852. The van der Waals surface area contributed by atoms with Gasteiger partial charge in [0.05, 0.1) is 6.61 Å². The van der Waals surface area contributed by atoms with Crippen LogP contribution < -0.4 is 0 Å². The number of hydrogen-bond acceptors (Lipinski definition) is 2. The molecule has 0 amide bonds. The Morgan fingerprint density at radius 3 is 2.47 bits per heavy atom. The smallest absolute Gasteiger partial charge is 0.355 e. The fourth-order valence-electron chi connectivity index (χ4n) is 2.33. The van der Waals surface area contributed by atoms with Gasteiger partial charge in [-0.05, 0) is 31.4 Å². The Bertz CT molecular complexity index is 570. The lowest BCUT2D eigenvalue weighted by atomic mass is 10.00. The summed E-state index contributed by atoms with van der Waals surface area (Å²) >= 11 is 0. The fourth-order valence-corrected chi connectivity index (χ4v) is 2.33. The third-order valence-corrected chi connectivity index (χ3v) is 3.22. The summed E-state index contributed by atoms with van der Waals surface area (Å²) < 4.78 is 5.09. The van der Waals surface area contributed by atoms with Crippen molar-refractivity contribution in [2.24, 2.45) is 0 Å². The van der Waals surface area contributed by atoms with Crippen LogP contribution in [0.4, 0.5) is 0 Å². The molecule has 0 aliphatic heterocycles. The molecule has 0 radical (unpaired) electrons. The molecule has 1 aromatic heterocycles. The summed E-state index contributed by atoms with van der Waals surface area (Å²) in [5.74, 6) is -0.281. The van der Waals surface area contributed by atoms with Gasteiger partial charge in [-0.15, -0.1) is 0 Å². The van der Waals surface area contributed by atoms with Crippen molar-refractivity contribution in [3.63, 3.8) is 0 Å². The Morgan fingerprint density at radius 2 is 1.89 bits per heavy atom. The Morgan fingerprint density at radius 1 is 1.21 bits per heavy atom. The van der Waals surface area contributed by atoms with E-state index in [4.69, 9.17) is 4.74 Å². The number of benzene rings is 1. The van der Waals surface area contributed by atoms with Crippen molar-refractivity contribution in [2.45, 2.75) is 27.2 Å². The lowest BCUT2D eigenvalue weighted by molar-refractivity contribution is 0.0519. The van der Waals surface area contributed by atoms with Crippen LogP contribution in [0.2, 0.25) is 0 Å². The molecule has 0 aliphatic carbocycles. The summed E-state index contributed by atoms with van der Waals surface area (Å²) in [4.78, 5) is 15.1. The quantitative estimate of drug-likeness (QED) is 0.848. The molecule has 3 heteroatoms. The molecule has 19 heavy (non-hydrogen) atoms. The fraction of sp³-hybridized carbons (Fsp3) is 0.312. The maximum absolute atomic E-state index is 11.9. The number of aromatic amines is 1. The van der Waals surface area contributed by atoms with Crippen LogP contribution in [0, 0.1) is 6.92 Å². The van der Waals surface area contributed by atoms with Crippen LogP contribution in [0.3, 0.4) is 0 Å². The molecule has 0 atom stereocenters. The van der Waals surface area contributed by atoms with Gasteiger partial charge in [0, 0.05) is 11.3 Å². The zero-order valence-electron chi connectivity index (χ0n) is 11.6. The second-order valence-corrected chi connectivity index (χ2v) is 4.42. The molecule has 0 unspecified atom stereocenters. The maximum atomic E-state index is 11.9. The highest BCUT2D eigenvalue weighted by atomic mass is 16.5. The first kappa shape index (κ1) is 13.4. The van der Waals surface area contributed by atoms with Crippen LogP contribution in [0.1, 0.15) is 35.6 Å². The van der Waals surface area contributed by atoms with E-state index in [-0.39, 0.29) is 5.97 Å². The van der Waals surface area contributed by atoms with Gasteiger partial charge in [-0.1, -0.05) is 37.3 Å². The van der Waals surface area contributed by atoms with Crippen molar-refractivity contribution in [1.29, 1.82) is 0 Å². The minimum absolute atomic E-state index is 0.281. The van der Waals surface area contributed by atoms with E-state index in [0.717, 1.165) is 28.8 Å². The summed E-state index contributed by atoms with van der Waals surface area (Å²) in [6.45, 7) is 6.24. The van der Waals surface area contributed by atoms with E-state index < -0.39 is 0 Å². The van der Waals surface area contributed by atoms with Gasteiger partial charge in [-0.3, -0.25) is 0 Å². The highest BCUT2D eigenvalue weighted by Gasteiger charge is 2.19. The lowest BCUT2D eigenvalue weighted by Gasteiger charge is -2.04. The third-order valence-electron chi connectivity index (χ3n) is 3.22.